The van der Waals surface area contributed by atoms with Crippen molar-refractivity contribution in [3.63, 3.8) is 0 Å². The number of carboxylic acid groups (broad SMARTS) is 1. The highest BCUT2D eigenvalue weighted by atomic mass is 32.1. The third-order valence-corrected chi connectivity index (χ3v) is 8.17. The number of amides is 2. The number of nitrogens with one attached hydrogen (secondary N) is 1. The number of aromatic nitrogens is 1. The van der Waals surface area contributed by atoms with Crippen LogP contribution in [0.15, 0.2) is 53.9 Å². The molecule has 192 valence electrons. The fraction of sp³-hybridized carbons (Fsp3) is 0.357. The lowest BCUT2D eigenvalue weighted by Gasteiger charge is -2.32. The molecule has 1 aromatic heterocycles. The fourth-order valence-electron chi connectivity index (χ4n) is 5.19. The minimum absolute atomic E-state index is 0.0469. The lowest BCUT2D eigenvalue weighted by molar-refractivity contribution is -0.145. The van der Waals surface area contributed by atoms with Crippen LogP contribution in [0.25, 0.3) is 11.3 Å². The van der Waals surface area contributed by atoms with Gasteiger partial charge in [0.15, 0.2) is 0 Å². The zero-order valence-electron chi connectivity index (χ0n) is 20.8. The standard InChI is InChI=1S/C28H30N4O4S/c1-31-10-12-32(13-11-31)26(35)20-8-6-19(7-9-20)23-18-37-24(30-23)17-29-27(36)28(16-25(33)34)14-21-4-2-3-5-22(21)15-28/h2-9,18H,10-17H2,1H3,(H,29,36)(H,33,34). The number of rotatable bonds is 7. The molecule has 0 unspecified atom stereocenters. The van der Waals surface area contributed by atoms with Gasteiger partial charge in [0.2, 0.25) is 5.91 Å². The predicted molar refractivity (Wildman–Crippen MR) is 141 cm³/mol. The number of carboxylic acids is 1. The Morgan fingerprint density at radius 3 is 2.27 bits per heavy atom. The summed E-state index contributed by atoms with van der Waals surface area (Å²) < 4.78 is 0. The molecule has 37 heavy (non-hydrogen) atoms. The van der Waals surface area contributed by atoms with E-state index in [2.05, 4.69) is 22.2 Å². The molecule has 2 heterocycles. The largest absolute Gasteiger partial charge is 0.481 e. The topological polar surface area (TPSA) is 103 Å². The molecular weight excluding hydrogens is 488 g/mol. The zero-order valence-corrected chi connectivity index (χ0v) is 21.6. The third-order valence-electron chi connectivity index (χ3n) is 7.32. The molecule has 2 amide bonds. The summed E-state index contributed by atoms with van der Waals surface area (Å²) in [6, 6.07) is 15.2. The van der Waals surface area contributed by atoms with Crippen molar-refractivity contribution < 1.29 is 19.5 Å². The van der Waals surface area contributed by atoms with Gasteiger partial charge in [-0.15, -0.1) is 11.3 Å². The molecule has 0 spiro atoms. The van der Waals surface area contributed by atoms with Gasteiger partial charge in [0.1, 0.15) is 5.01 Å². The van der Waals surface area contributed by atoms with Gasteiger partial charge in [-0.05, 0) is 43.1 Å². The van der Waals surface area contributed by atoms with E-state index in [1.807, 2.05) is 58.8 Å². The number of hydrogen-bond acceptors (Lipinski definition) is 6. The van der Waals surface area contributed by atoms with Crippen LogP contribution in [-0.4, -0.2) is 70.9 Å². The van der Waals surface area contributed by atoms with Crippen molar-refractivity contribution in [1.29, 1.82) is 0 Å². The SMILES string of the molecule is CN1CCN(C(=O)c2ccc(-c3csc(CNC(=O)C4(CC(=O)O)Cc5ccccc5C4)n3)cc2)CC1. The molecule has 1 saturated heterocycles. The molecule has 1 aliphatic carbocycles. The molecule has 1 fully saturated rings. The van der Waals surface area contributed by atoms with Gasteiger partial charge in [-0.2, -0.15) is 0 Å². The maximum Gasteiger partial charge on any atom is 0.304 e. The second kappa shape index (κ2) is 10.4. The van der Waals surface area contributed by atoms with Crippen molar-refractivity contribution in [2.24, 2.45) is 5.41 Å². The van der Waals surface area contributed by atoms with Crippen LogP contribution in [-0.2, 0) is 29.0 Å². The third kappa shape index (κ3) is 5.42. The van der Waals surface area contributed by atoms with Crippen LogP contribution in [0.5, 0.6) is 0 Å². The highest BCUT2D eigenvalue weighted by Gasteiger charge is 2.45. The van der Waals surface area contributed by atoms with Crippen molar-refractivity contribution in [1.82, 2.24) is 20.1 Å². The zero-order chi connectivity index (χ0) is 26.0. The Hall–Kier alpha value is -3.56. The average molecular weight is 519 g/mol. The van der Waals surface area contributed by atoms with E-state index in [1.54, 1.807) is 0 Å². The Labute approximate surface area is 219 Å². The molecule has 0 saturated carbocycles. The van der Waals surface area contributed by atoms with Crippen molar-refractivity contribution in [2.75, 3.05) is 33.2 Å². The first-order chi connectivity index (χ1) is 17.8. The summed E-state index contributed by atoms with van der Waals surface area (Å²) in [6.45, 7) is 3.47. The second-order valence-electron chi connectivity index (χ2n) is 9.96. The van der Waals surface area contributed by atoms with Gasteiger partial charge in [0, 0.05) is 42.7 Å². The molecule has 2 N–H and O–H groups in total. The van der Waals surface area contributed by atoms with Crippen LogP contribution in [0, 0.1) is 5.41 Å². The van der Waals surface area contributed by atoms with Crippen LogP contribution in [0.3, 0.4) is 0 Å². The first kappa shape index (κ1) is 25.1. The number of aliphatic carboxylic acids is 1. The van der Waals surface area contributed by atoms with Crippen LogP contribution in [0.2, 0.25) is 0 Å². The van der Waals surface area contributed by atoms with Crippen LogP contribution in [0.4, 0.5) is 0 Å². The number of nitrogens with zero attached hydrogens (tertiary/aromatic N) is 3. The molecule has 0 bridgehead atoms. The van der Waals surface area contributed by atoms with Gasteiger partial charge in [-0.25, -0.2) is 4.98 Å². The predicted octanol–water partition coefficient (Wildman–Crippen LogP) is 3.07. The summed E-state index contributed by atoms with van der Waals surface area (Å²) in [6.07, 6.45) is 0.628. The normalized spacial score (nSPS) is 16.8. The Morgan fingerprint density at radius 2 is 1.65 bits per heavy atom. The lowest BCUT2D eigenvalue weighted by Crippen LogP contribution is -2.47. The Kier molecular flexibility index (Phi) is 7.08. The van der Waals surface area contributed by atoms with Gasteiger partial charge in [0.05, 0.1) is 24.1 Å². The quantitative estimate of drug-likeness (QED) is 0.498. The highest BCUT2D eigenvalue weighted by molar-refractivity contribution is 7.09. The summed E-state index contributed by atoms with van der Waals surface area (Å²) >= 11 is 1.44. The molecule has 2 aliphatic rings. The Balaban J connectivity index is 1.22. The number of carbonyl (C=O) groups is 3. The second-order valence-corrected chi connectivity index (χ2v) is 10.9. The average Bonchev–Trinajstić information content (AvgIpc) is 3.52. The molecule has 3 aromatic rings. The smallest absolute Gasteiger partial charge is 0.304 e. The molecule has 2 aromatic carbocycles. The Bertz CT molecular complexity index is 1290. The van der Waals surface area contributed by atoms with Crippen LogP contribution in [0.1, 0.15) is 32.9 Å². The maximum absolute atomic E-state index is 13.2. The molecular formula is C28H30N4O4S. The van der Waals surface area contributed by atoms with Gasteiger partial charge in [0.25, 0.3) is 5.91 Å². The number of benzene rings is 2. The number of likely N-dealkylation sites (N-methyl/N-ethyl adjacent to an activating group) is 1. The van der Waals surface area contributed by atoms with Gasteiger partial charge in [-0.3, -0.25) is 14.4 Å². The molecule has 0 atom stereocenters. The maximum atomic E-state index is 13.2. The minimum Gasteiger partial charge on any atom is -0.481 e. The van der Waals surface area contributed by atoms with E-state index in [0.29, 0.717) is 18.4 Å². The molecule has 0 radical (unpaired) electrons. The molecule has 5 rings (SSSR count). The van der Waals surface area contributed by atoms with E-state index < -0.39 is 11.4 Å². The fourth-order valence-corrected chi connectivity index (χ4v) is 5.94. The van der Waals surface area contributed by atoms with Crippen molar-refractivity contribution >= 4 is 29.1 Å². The number of fused-ring (bicyclic) bond motifs is 1. The van der Waals surface area contributed by atoms with E-state index >= 15 is 0 Å². The van der Waals surface area contributed by atoms with E-state index in [9.17, 15) is 19.5 Å². The number of piperazine rings is 1. The number of thiazole rings is 1. The summed E-state index contributed by atoms with van der Waals surface area (Å²) in [4.78, 5) is 46.4. The van der Waals surface area contributed by atoms with Crippen LogP contribution < -0.4 is 5.32 Å². The summed E-state index contributed by atoms with van der Waals surface area (Å²) in [5, 5.41) is 15.1. The number of hydrogen-bond donors (Lipinski definition) is 2. The van der Waals surface area contributed by atoms with Gasteiger partial charge >= 0.3 is 5.97 Å². The van der Waals surface area contributed by atoms with E-state index in [4.69, 9.17) is 0 Å². The summed E-state index contributed by atoms with van der Waals surface area (Å²) in [5.41, 5.74) is 3.42. The van der Waals surface area contributed by atoms with Crippen molar-refractivity contribution in [3.8, 4) is 11.3 Å². The van der Waals surface area contributed by atoms with Crippen molar-refractivity contribution in [2.45, 2.75) is 25.8 Å². The van der Waals surface area contributed by atoms with Gasteiger partial charge in [-0.1, -0.05) is 36.4 Å². The number of carbonyl (C=O) groups excluding carboxylic acids is 2. The first-order valence-electron chi connectivity index (χ1n) is 12.4. The summed E-state index contributed by atoms with van der Waals surface area (Å²) in [7, 11) is 2.06. The minimum atomic E-state index is -0.984. The summed E-state index contributed by atoms with van der Waals surface area (Å²) in [5.74, 6) is -1.19. The first-order valence-corrected chi connectivity index (χ1v) is 13.3. The Morgan fingerprint density at radius 1 is 1.00 bits per heavy atom. The molecule has 1 aliphatic heterocycles. The van der Waals surface area contributed by atoms with E-state index in [1.165, 1.54) is 11.3 Å². The monoisotopic (exact) mass is 518 g/mol. The molecule has 9 heteroatoms. The lowest BCUT2D eigenvalue weighted by atomic mass is 9.80. The molecule has 8 nitrogen and oxygen atoms in total. The highest BCUT2D eigenvalue weighted by Crippen LogP contribution is 2.40. The van der Waals surface area contributed by atoms with Crippen LogP contribution >= 0.6 is 11.3 Å². The van der Waals surface area contributed by atoms with Gasteiger partial charge < -0.3 is 20.2 Å². The van der Waals surface area contributed by atoms with E-state index in [0.717, 1.165) is 53.6 Å². The van der Waals surface area contributed by atoms with E-state index in [-0.39, 0.29) is 24.8 Å². The van der Waals surface area contributed by atoms with Crippen molar-refractivity contribution in [3.05, 3.63) is 75.6 Å².